The first-order chi connectivity index (χ1) is 7.20. The molecule has 0 bridgehead atoms. The van der Waals surface area contributed by atoms with E-state index in [0.29, 0.717) is 0 Å². The first kappa shape index (κ1) is 14.3. The molecule has 0 spiro atoms. The Kier molecular flexibility index (Phi) is 9.40. The Morgan fingerprint density at radius 3 is 2.53 bits per heavy atom. The monoisotopic (exact) mass is 222 g/mol. The van der Waals surface area contributed by atoms with Crippen LogP contribution in [-0.4, -0.2) is 11.0 Å². The third kappa shape index (κ3) is 9.61. The van der Waals surface area contributed by atoms with Crippen LogP contribution in [0.4, 0.5) is 0 Å². The number of hydrogen-bond acceptors (Lipinski definition) is 1. The van der Waals surface area contributed by atoms with Gasteiger partial charge in [-0.3, -0.25) is 0 Å². The second-order valence-electron chi connectivity index (χ2n) is 3.60. The van der Waals surface area contributed by atoms with Crippen molar-refractivity contribution in [2.45, 2.75) is 31.9 Å². The van der Waals surface area contributed by atoms with E-state index in [1.807, 2.05) is 23.9 Å². The summed E-state index contributed by atoms with van der Waals surface area (Å²) in [5.74, 6) is 1.23. The highest BCUT2D eigenvalue weighted by molar-refractivity contribution is 7.99. The molecule has 0 aliphatic rings. The van der Waals surface area contributed by atoms with Crippen LogP contribution in [0, 0.1) is 0 Å². The van der Waals surface area contributed by atoms with Crippen molar-refractivity contribution in [3.05, 3.63) is 49.1 Å². The van der Waals surface area contributed by atoms with Crippen molar-refractivity contribution >= 4 is 11.8 Å². The third-order valence-corrected chi connectivity index (χ3v) is 3.03. The molecule has 0 heterocycles. The quantitative estimate of drug-likeness (QED) is 0.421. The fourth-order valence-corrected chi connectivity index (χ4v) is 1.94. The van der Waals surface area contributed by atoms with Crippen molar-refractivity contribution in [1.82, 2.24) is 0 Å². The molecule has 0 aromatic rings. The van der Waals surface area contributed by atoms with Crippen LogP contribution in [-0.2, 0) is 0 Å². The predicted octanol–water partition coefficient (Wildman–Crippen LogP) is 4.76. The van der Waals surface area contributed by atoms with Crippen molar-refractivity contribution in [2.24, 2.45) is 0 Å². The molecule has 0 saturated heterocycles. The average Bonchev–Trinajstić information content (AvgIpc) is 2.20. The zero-order valence-corrected chi connectivity index (χ0v) is 10.7. The molecule has 0 saturated carbocycles. The van der Waals surface area contributed by atoms with E-state index in [1.165, 1.54) is 17.7 Å². The molecule has 0 nitrogen and oxygen atoms in total. The summed E-state index contributed by atoms with van der Waals surface area (Å²) in [5, 5.41) is 0.737. The van der Waals surface area contributed by atoms with E-state index in [2.05, 4.69) is 39.2 Å². The Hall–Kier alpha value is -0.690. The summed E-state index contributed by atoms with van der Waals surface area (Å²) < 4.78 is 0. The maximum atomic E-state index is 3.72. The van der Waals surface area contributed by atoms with Crippen LogP contribution in [0.5, 0.6) is 0 Å². The summed E-state index contributed by atoms with van der Waals surface area (Å²) in [4.78, 5) is 0. The molecule has 0 radical (unpaired) electrons. The summed E-state index contributed by atoms with van der Waals surface area (Å²) in [6.45, 7) is 11.9. The van der Waals surface area contributed by atoms with Crippen LogP contribution < -0.4 is 0 Å². The van der Waals surface area contributed by atoms with Crippen molar-refractivity contribution in [3.63, 3.8) is 0 Å². The standard InChI is InChI=1S/C14H22S/c1-5-7-10-14(9-6-2)11-8-12-15-13(3)4/h5-7,9-10,13H,1-2,8,11-12H2,3-4H3/b10-7-,14-9+. The van der Waals surface area contributed by atoms with Gasteiger partial charge in [0.1, 0.15) is 0 Å². The lowest BCUT2D eigenvalue weighted by atomic mass is 10.1. The summed E-state index contributed by atoms with van der Waals surface area (Å²) in [6.07, 6.45) is 12.2. The molecule has 0 atom stereocenters. The molecule has 0 aromatic heterocycles. The second kappa shape index (κ2) is 9.85. The number of allylic oxidation sites excluding steroid dienone is 6. The Bertz CT molecular complexity index is 234. The Morgan fingerprint density at radius 2 is 2.00 bits per heavy atom. The molecular weight excluding hydrogens is 200 g/mol. The van der Waals surface area contributed by atoms with Gasteiger partial charge in [-0.25, -0.2) is 0 Å². The van der Waals surface area contributed by atoms with Crippen LogP contribution in [0.15, 0.2) is 49.1 Å². The van der Waals surface area contributed by atoms with Crippen molar-refractivity contribution in [2.75, 3.05) is 5.75 Å². The van der Waals surface area contributed by atoms with E-state index in [0.717, 1.165) is 11.7 Å². The van der Waals surface area contributed by atoms with Gasteiger partial charge in [-0.2, -0.15) is 11.8 Å². The minimum absolute atomic E-state index is 0.737. The van der Waals surface area contributed by atoms with Gasteiger partial charge in [-0.05, 0) is 29.4 Å². The normalized spacial score (nSPS) is 12.3. The predicted molar refractivity (Wildman–Crippen MR) is 74.4 cm³/mol. The molecule has 0 rings (SSSR count). The van der Waals surface area contributed by atoms with Gasteiger partial charge >= 0.3 is 0 Å². The van der Waals surface area contributed by atoms with Gasteiger partial charge in [-0.1, -0.05) is 57.4 Å². The lowest BCUT2D eigenvalue weighted by molar-refractivity contribution is 0.932. The van der Waals surface area contributed by atoms with Crippen molar-refractivity contribution in [3.8, 4) is 0 Å². The molecule has 0 aliphatic carbocycles. The molecule has 84 valence electrons. The van der Waals surface area contributed by atoms with Gasteiger partial charge in [0.2, 0.25) is 0 Å². The van der Waals surface area contributed by atoms with Gasteiger partial charge in [0.05, 0.1) is 0 Å². The third-order valence-electron chi connectivity index (χ3n) is 1.84. The summed E-state index contributed by atoms with van der Waals surface area (Å²) in [6, 6.07) is 0. The fraction of sp³-hybridized carbons (Fsp3) is 0.429. The number of thioether (sulfide) groups is 1. The Balaban J connectivity index is 3.87. The number of hydrogen-bond donors (Lipinski definition) is 0. The minimum Gasteiger partial charge on any atom is -0.159 e. The molecule has 15 heavy (non-hydrogen) atoms. The SMILES string of the molecule is C=C/C=C\C(=C/C=C)CCCSC(C)C. The van der Waals surface area contributed by atoms with E-state index in [-0.39, 0.29) is 0 Å². The van der Waals surface area contributed by atoms with Crippen LogP contribution in [0.3, 0.4) is 0 Å². The molecule has 0 N–H and O–H groups in total. The van der Waals surface area contributed by atoms with Crippen LogP contribution in [0.1, 0.15) is 26.7 Å². The molecule has 0 unspecified atom stereocenters. The highest BCUT2D eigenvalue weighted by atomic mass is 32.2. The molecule has 0 aromatic carbocycles. The first-order valence-electron chi connectivity index (χ1n) is 5.43. The lowest BCUT2D eigenvalue weighted by Gasteiger charge is -2.04. The van der Waals surface area contributed by atoms with Gasteiger partial charge in [0.25, 0.3) is 0 Å². The number of rotatable bonds is 8. The molecule has 0 fully saturated rings. The van der Waals surface area contributed by atoms with E-state index in [1.54, 1.807) is 6.08 Å². The summed E-state index contributed by atoms with van der Waals surface area (Å²) in [5.41, 5.74) is 1.33. The molecular formula is C14H22S. The summed E-state index contributed by atoms with van der Waals surface area (Å²) in [7, 11) is 0. The molecule has 0 aliphatic heterocycles. The first-order valence-corrected chi connectivity index (χ1v) is 6.48. The molecule has 1 heteroatoms. The van der Waals surface area contributed by atoms with E-state index in [9.17, 15) is 0 Å². The highest BCUT2D eigenvalue weighted by Crippen LogP contribution is 2.15. The second-order valence-corrected chi connectivity index (χ2v) is 5.28. The maximum Gasteiger partial charge on any atom is -0.000968 e. The molecule has 0 amide bonds. The largest absolute Gasteiger partial charge is 0.159 e. The summed E-state index contributed by atoms with van der Waals surface area (Å²) >= 11 is 2.02. The topological polar surface area (TPSA) is 0 Å². The minimum atomic E-state index is 0.737. The zero-order chi connectivity index (χ0) is 11.5. The van der Waals surface area contributed by atoms with E-state index >= 15 is 0 Å². The Morgan fingerprint density at radius 1 is 1.27 bits per heavy atom. The van der Waals surface area contributed by atoms with Crippen molar-refractivity contribution in [1.29, 1.82) is 0 Å². The smallest absolute Gasteiger partial charge is 0.000968 e. The van der Waals surface area contributed by atoms with Crippen molar-refractivity contribution < 1.29 is 0 Å². The Labute approximate surface area is 98.8 Å². The van der Waals surface area contributed by atoms with Crippen LogP contribution in [0.25, 0.3) is 0 Å². The van der Waals surface area contributed by atoms with Crippen LogP contribution >= 0.6 is 11.8 Å². The van der Waals surface area contributed by atoms with E-state index in [4.69, 9.17) is 0 Å². The zero-order valence-electron chi connectivity index (χ0n) is 9.91. The van der Waals surface area contributed by atoms with Gasteiger partial charge in [-0.15, -0.1) is 0 Å². The van der Waals surface area contributed by atoms with E-state index < -0.39 is 0 Å². The lowest BCUT2D eigenvalue weighted by Crippen LogP contribution is -1.90. The van der Waals surface area contributed by atoms with Gasteiger partial charge < -0.3 is 0 Å². The van der Waals surface area contributed by atoms with Gasteiger partial charge in [0.15, 0.2) is 0 Å². The van der Waals surface area contributed by atoms with Crippen LogP contribution in [0.2, 0.25) is 0 Å². The average molecular weight is 222 g/mol. The fourth-order valence-electron chi connectivity index (χ4n) is 1.16. The highest BCUT2D eigenvalue weighted by Gasteiger charge is 1.95. The van der Waals surface area contributed by atoms with Gasteiger partial charge in [0, 0.05) is 0 Å². The maximum absolute atomic E-state index is 3.72.